The van der Waals surface area contributed by atoms with E-state index in [0.717, 1.165) is 34.9 Å². The summed E-state index contributed by atoms with van der Waals surface area (Å²) in [6, 6.07) is 22.5. The van der Waals surface area contributed by atoms with Gasteiger partial charge in [-0.05, 0) is 43.2 Å². The molecule has 1 atom stereocenters. The predicted octanol–water partition coefficient (Wildman–Crippen LogP) is 4.38. The molecular formula is C26H28N6. The minimum atomic E-state index is -0.00293. The quantitative estimate of drug-likeness (QED) is 0.453. The van der Waals surface area contributed by atoms with E-state index in [1.165, 1.54) is 5.56 Å². The van der Waals surface area contributed by atoms with Gasteiger partial charge in [0.25, 0.3) is 0 Å². The first-order valence-electron chi connectivity index (χ1n) is 10.7. The first-order chi connectivity index (χ1) is 15.6. The summed E-state index contributed by atoms with van der Waals surface area (Å²) in [7, 11) is 3.99. The second-order valence-corrected chi connectivity index (χ2v) is 8.00. The van der Waals surface area contributed by atoms with Gasteiger partial charge in [0.1, 0.15) is 5.82 Å². The summed E-state index contributed by atoms with van der Waals surface area (Å²) in [5.41, 5.74) is 5.11. The summed E-state index contributed by atoms with van der Waals surface area (Å²) in [6.45, 7) is 2.67. The van der Waals surface area contributed by atoms with E-state index in [0.29, 0.717) is 12.4 Å². The molecule has 0 unspecified atom stereocenters. The van der Waals surface area contributed by atoms with Crippen LogP contribution < -0.4 is 10.2 Å². The van der Waals surface area contributed by atoms with Gasteiger partial charge >= 0.3 is 0 Å². The molecule has 0 saturated heterocycles. The molecule has 0 saturated carbocycles. The van der Waals surface area contributed by atoms with Gasteiger partial charge in [-0.2, -0.15) is 0 Å². The molecule has 3 heterocycles. The summed E-state index contributed by atoms with van der Waals surface area (Å²) in [6.07, 6.45) is 4.37. The van der Waals surface area contributed by atoms with E-state index in [1.807, 2.05) is 62.3 Å². The van der Waals surface area contributed by atoms with Crippen molar-refractivity contribution in [3.8, 4) is 11.4 Å². The standard InChI is InChI=1S/C26H28N6/c1-19-9-7-13-22(29-19)18-28-23(15-20-10-5-4-6-11-20)24-16-25(32(2)3)31-26(30-24)21-12-8-14-27-17-21/h4-14,16-17,23,28H,15,18H2,1-3H3/t23-/m0/s1. The molecule has 0 aliphatic rings. The highest BCUT2D eigenvalue weighted by molar-refractivity contribution is 5.56. The number of hydrogen-bond acceptors (Lipinski definition) is 6. The van der Waals surface area contributed by atoms with Crippen molar-refractivity contribution in [2.24, 2.45) is 0 Å². The highest BCUT2D eigenvalue weighted by Gasteiger charge is 2.18. The smallest absolute Gasteiger partial charge is 0.163 e. The molecule has 0 bridgehead atoms. The molecule has 1 N–H and O–H groups in total. The number of benzene rings is 1. The number of aromatic nitrogens is 4. The fraction of sp³-hybridized carbons (Fsp3) is 0.231. The van der Waals surface area contributed by atoms with E-state index in [4.69, 9.17) is 9.97 Å². The van der Waals surface area contributed by atoms with E-state index in [2.05, 4.69) is 45.6 Å². The van der Waals surface area contributed by atoms with Gasteiger partial charge in [-0.3, -0.25) is 9.97 Å². The van der Waals surface area contributed by atoms with Crippen molar-refractivity contribution < 1.29 is 0 Å². The first-order valence-corrected chi connectivity index (χ1v) is 10.7. The van der Waals surface area contributed by atoms with Gasteiger partial charge in [-0.15, -0.1) is 0 Å². The minimum Gasteiger partial charge on any atom is -0.363 e. The highest BCUT2D eigenvalue weighted by Crippen LogP contribution is 2.24. The zero-order valence-corrected chi connectivity index (χ0v) is 18.7. The molecule has 162 valence electrons. The lowest BCUT2D eigenvalue weighted by Crippen LogP contribution is -2.25. The molecule has 6 heteroatoms. The molecule has 32 heavy (non-hydrogen) atoms. The van der Waals surface area contributed by atoms with Gasteiger partial charge in [0.2, 0.25) is 0 Å². The summed E-state index contributed by atoms with van der Waals surface area (Å²) in [5.74, 6) is 1.54. The third-order valence-corrected chi connectivity index (χ3v) is 5.23. The maximum atomic E-state index is 4.95. The van der Waals surface area contributed by atoms with Gasteiger partial charge in [-0.25, -0.2) is 9.97 Å². The average molecular weight is 425 g/mol. The minimum absolute atomic E-state index is 0.00293. The molecule has 1 aromatic carbocycles. The van der Waals surface area contributed by atoms with Gasteiger partial charge < -0.3 is 10.2 Å². The number of hydrogen-bond donors (Lipinski definition) is 1. The Hall–Kier alpha value is -3.64. The zero-order chi connectivity index (χ0) is 22.3. The molecule has 0 aliphatic heterocycles. The predicted molar refractivity (Wildman–Crippen MR) is 128 cm³/mol. The molecule has 0 fully saturated rings. The van der Waals surface area contributed by atoms with Gasteiger partial charge in [0.15, 0.2) is 5.82 Å². The summed E-state index contributed by atoms with van der Waals surface area (Å²) in [4.78, 5) is 20.6. The third-order valence-electron chi connectivity index (χ3n) is 5.23. The van der Waals surface area contributed by atoms with Gasteiger partial charge in [0.05, 0.1) is 17.4 Å². The van der Waals surface area contributed by atoms with Crippen molar-refractivity contribution >= 4 is 5.82 Å². The molecule has 3 aromatic heterocycles. The molecule has 6 nitrogen and oxygen atoms in total. The van der Waals surface area contributed by atoms with Crippen LogP contribution in [0.3, 0.4) is 0 Å². The van der Waals surface area contributed by atoms with E-state index in [1.54, 1.807) is 12.4 Å². The van der Waals surface area contributed by atoms with Crippen LogP contribution in [0.25, 0.3) is 11.4 Å². The third kappa shape index (κ3) is 5.53. The molecule has 4 rings (SSSR count). The van der Waals surface area contributed by atoms with Crippen molar-refractivity contribution in [2.45, 2.75) is 25.9 Å². The van der Waals surface area contributed by atoms with E-state index >= 15 is 0 Å². The number of nitrogens with one attached hydrogen (secondary N) is 1. The molecule has 0 aliphatic carbocycles. The van der Waals surface area contributed by atoms with Crippen molar-refractivity contribution in [3.05, 3.63) is 102 Å². The van der Waals surface area contributed by atoms with Crippen LogP contribution in [0.4, 0.5) is 5.82 Å². The fourth-order valence-corrected chi connectivity index (χ4v) is 3.54. The normalized spacial score (nSPS) is 11.8. The Balaban J connectivity index is 1.70. The van der Waals surface area contributed by atoms with Gasteiger partial charge in [0, 0.05) is 50.4 Å². The van der Waals surface area contributed by atoms with Crippen LogP contribution >= 0.6 is 0 Å². The zero-order valence-electron chi connectivity index (χ0n) is 18.7. The number of aryl methyl sites for hydroxylation is 1. The highest BCUT2D eigenvalue weighted by atomic mass is 15.2. The SMILES string of the molecule is Cc1cccc(CN[C@@H](Cc2ccccc2)c2cc(N(C)C)nc(-c3cccnc3)n2)n1. The van der Waals surface area contributed by atoms with Crippen molar-refractivity contribution in [1.82, 2.24) is 25.3 Å². The van der Waals surface area contributed by atoms with Crippen molar-refractivity contribution in [3.63, 3.8) is 0 Å². The van der Waals surface area contributed by atoms with Crippen LogP contribution in [0.5, 0.6) is 0 Å². The molecular weight excluding hydrogens is 396 g/mol. The summed E-state index contributed by atoms with van der Waals surface area (Å²) in [5, 5.41) is 3.69. The Kier molecular flexibility index (Phi) is 6.82. The van der Waals surface area contributed by atoms with Crippen LogP contribution in [0, 0.1) is 6.92 Å². The summed E-state index contributed by atoms with van der Waals surface area (Å²) < 4.78 is 0. The van der Waals surface area contributed by atoms with E-state index < -0.39 is 0 Å². The number of nitrogens with zero attached hydrogens (tertiary/aromatic N) is 5. The Morgan fingerprint density at radius 2 is 1.75 bits per heavy atom. The largest absolute Gasteiger partial charge is 0.363 e. The number of pyridine rings is 2. The lowest BCUT2D eigenvalue weighted by Gasteiger charge is -2.21. The van der Waals surface area contributed by atoms with Crippen LogP contribution in [0.15, 0.2) is 79.1 Å². The van der Waals surface area contributed by atoms with Crippen LogP contribution in [-0.4, -0.2) is 34.0 Å². The second kappa shape index (κ2) is 10.1. The van der Waals surface area contributed by atoms with Crippen LogP contribution in [0.1, 0.15) is 28.7 Å². The van der Waals surface area contributed by atoms with Gasteiger partial charge in [-0.1, -0.05) is 36.4 Å². The first kappa shape index (κ1) is 21.6. The molecule has 0 spiro atoms. The summed E-state index contributed by atoms with van der Waals surface area (Å²) >= 11 is 0. The van der Waals surface area contributed by atoms with Crippen LogP contribution in [0.2, 0.25) is 0 Å². The van der Waals surface area contributed by atoms with E-state index in [-0.39, 0.29) is 6.04 Å². The Morgan fingerprint density at radius 1 is 0.906 bits per heavy atom. The molecule has 0 amide bonds. The Morgan fingerprint density at radius 3 is 2.47 bits per heavy atom. The monoisotopic (exact) mass is 424 g/mol. The number of anilines is 1. The van der Waals surface area contributed by atoms with Crippen LogP contribution in [-0.2, 0) is 13.0 Å². The fourth-order valence-electron chi connectivity index (χ4n) is 3.54. The maximum Gasteiger partial charge on any atom is 0.163 e. The molecule has 0 radical (unpaired) electrons. The Bertz CT molecular complexity index is 1150. The lowest BCUT2D eigenvalue weighted by atomic mass is 10.0. The van der Waals surface area contributed by atoms with E-state index in [9.17, 15) is 0 Å². The maximum absolute atomic E-state index is 4.95. The second-order valence-electron chi connectivity index (χ2n) is 8.00. The van der Waals surface area contributed by atoms with Crippen molar-refractivity contribution in [1.29, 1.82) is 0 Å². The molecule has 4 aromatic rings. The van der Waals surface area contributed by atoms with Crippen molar-refractivity contribution in [2.75, 3.05) is 19.0 Å². The average Bonchev–Trinajstić information content (AvgIpc) is 2.82. The topological polar surface area (TPSA) is 66.8 Å². The Labute approximate surface area is 189 Å². The lowest BCUT2D eigenvalue weighted by molar-refractivity contribution is 0.513. The number of rotatable bonds is 8.